The molecule has 1 aromatic carbocycles. The summed E-state index contributed by atoms with van der Waals surface area (Å²) in [4.78, 5) is 23.9. The average Bonchev–Trinajstić information content (AvgIpc) is 2.34. The molecule has 0 unspecified atom stereocenters. The van der Waals surface area contributed by atoms with Gasteiger partial charge in [0.15, 0.2) is 0 Å². The van der Waals surface area contributed by atoms with E-state index in [-0.39, 0.29) is 18.9 Å². The van der Waals surface area contributed by atoms with E-state index in [0.29, 0.717) is 16.5 Å². The number of carboxylic acid groups (broad SMARTS) is 1. The maximum atomic E-state index is 12.1. The van der Waals surface area contributed by atoms with E-state index in [1.165, 1.54) is 4.90 Å². The molecule has 0 aliphatic rings. The Balaban J connectivity index is 2.83. The van der Waals surface area contributed by atoms with Crippen LogP contribution in [0.15, 0.2) is 18.2 Å². The number of carboxylic acids is 1. The highest BCUT2D eigenvalue weighted by Gasteiger charge is 2.15. The number of carbonyl (C=O) groups is 2. The molecule has 1 N–H and O–H groups in total. The summed E-state index contributed by atoms with van der Waals surface area (Å²) in [5.41, 5.74) is 1.47. The third-order valence-corrected chi connectivity index (χ3v) is 3.20. The first-order valence-corrected chi connectivity index (χ1v) is 6.47. The Bertz CT molecular complexity index is 486. The van der Waals surface area contributed by atoms with Gasteiger partial charge in [-0.1, -0.05) is 31.5 Å². The van der Waals surface area contributed by atoms with Crippen LogP contribution in [0, 0.1) is 0 Å². The lowest BCUT2D eigenvalue weighted by atomic mass is 10.0. The second-order valence-electron chi connectivity index (χ2n) is 4.76. The smallest absolute Gasteiger partial charge is 0.305 e. The normalized spacial score (nSPS) is 10.6. The number of aliphatic carboxylic acids is 1. The number of amides is 1. The van der Waals surface area contributed by atoms with Gasteiger partial charge < -0.3 is 10.0 Å². The van der Waals surface area contributed by atoms with Gasteiger partial charge >= 0.3 is 5.97 Å². The quantitative estimate of drug-likeness (QED) is 0.904. The predicted octanol–water partition coefficient (Wildman–Crippen LogP) is 3.01. The molecule has 0 aliphatic carbocycles. The van der Waals surface area contributed by atoms with Crippen LogP contribution < -0.4 is 0 Å². The van der Waals surface area contributed by atoms with E-state index in [4.69, 9.17) is 16.7 Å². The summed E-state index contributed by atoms with van der Waals surface area (Å²) in [5, 5.41) is 9.16. The van der Waals surface area contributed by atoms with E-state index >= 15 is 0 Å². The number of benzene rings is 1. The summed E-state index contributed by atoms with van der Waals surface area (Å²) in [5.74, 6) is -0.854. The maximum absolute atomic E-state index is 12.1. The lowest BCUT2D eigenvalue weighted by molar-refractivity contribution is -0.137. The monoisotopic (exact) mass is 283 g/mol. The van der Waals surface area contributed by atoms with Gasteiger partial charge in [-0.05, 0) is 23.6 Å². The Morgan fingerprint density at radius 3 is 2.47 bits per heavy atom. The Kier molecular flexibility index (Phi) is 5.36. The fourth-order valence-electron chi connectivity index (χ4n) is 1.71. The molecule has 0 fully saturated rings. The van der Waals surface area contributed by atoms with Crippen LogP contribution in [0.5, 0.6) is 0 Å². The van der Waals surface area contributed by atoms with Gasteiger partial charge in [0.2, 0.25) is 0 Å². The van der Waals surface area contributed by atoms with Gasteiger partial charge in [-0.15, -0.1) is 0 Å². The van der Waals surface area contributed by atoms with Crippen molar-refractivity contribution in [2.45, 2.75) is 26.2 Å². The van der Waals surface area contributed by atoms with Crippen molar-refractivity contribution in [3.63, 3.8) is 0 Å². The minimum atomic E-state index is -0.923. The van der Waals surface area contributed by atoms with Crippen molar-refractivity contribution in [1.82, 2.24) is 4.90 Å². The van der Waals surface area contributed by atoms with E-state index in [0.717, 1.165) is 5.56 Å². The topological polar surface area (TPSA) is 57.6 Å². The maximum Gasteiger partial charge on any atom is 0.305 e. The second kappa shape index (κ2) is 6.57. The third-order valence-electron chi connectivity index (χ3n) is 2.88. The molecule has 5 heteroatoms. The summed E-state index contributed by atoms with van der Waals surface area (Å²) >= 11 is 6.14. The minimum Gasteiger partial charge on any atom is -0.481 e. The third kappa shape index (κ3) is 4.24. The van der Waals surface area contributed by atoms with E-state index in [9.17, 15) is 9.59 Å². The lowest BCUT2D eigenvalue weighted by Crippen LogP contribution is -2.29. The zero-order valence-electron chi connectivity index (χ0n) is 11.3. The molecule has 104 valence electrons. The van der Waals surface area contributed by atoms with Gasteiger partial charge in [-0.3, -0.25) is 9.59 Å². The number of nitrogens with zero attached hydrogens (tertiary/aromatic N) is 1. The molecular formula is C14H18ClNO3. The molecule has 0 atom stereocenters. The van der Waals surface area contributed by atoms with Crippen molar-refractivity contribution < 1.29 is 14.7 Å². The number of rotatable bonds is 5. The zero-order valence-corrected chi connectivity index (χ0v) is 12.1. The van der Waals surface area contributed by atoms with Crippen molar-refractivity contribution in [3.8, 4) is 0 Å². The zero-order chi connectivity index (χ0) is 14.6. The molecular weight excluding hydrogens is 266 g/mol. The molecule has 1 aromatic rings. The molecule has 0 spiro atoms. The van der Waals surface area contributed by atoms with E-state index in [1.54, 1.807) is 19.2 Å². The molecule has 19 heavy (non-hydrogen) atoms. The Hall–Kier alpha value is -1.55. The first kappa shape index (κ1) is 15.5. The van der Waals surface area contributed by atoms with Crippen LogP contribution in [0.25, 0.3) is 0 Å². The molecule has 0 bridgehead atoms. The summed E-state index contributed by atoms with van der Waals surface area (Å²) in [6, 6.07) is 5.20. The Morgan fingerprint density at radius 2 is 2.00 bits per heavy atom. The van der Waals surface area contributed by atoms with Gasteiger partial charge in [0.05, 0.1) is 6.42 Å². The molecule has 0 aliphatic heterocycles. The van der Waals surface area contributed by atoms with Crippen LogP contribution in [0.3, 0.4) is 0 Å². The van der Waals surface area contributed by atoms with Crippen LogP contribution in [0.1, 0.15) is 42.1 Å². The number of halogens is 1. The highest BCUT2D eigenvalue weighted by molar-refractivity contribution is 6.31. The SMILES string of the molecule is CC(C)c1ccc(C(=O)N(C)CCC(=O)O)cc1Cl. The minimum absolute atomic E-state index is 0.0694. The summed E-state index contributed by atoms with van der Waals surface area (Å²) in [6.07, 6.45) is -0.0694. The highest BCUT2D eigenvalue weighted by Crippen LogP contribution is 2.25. The van der Waals surface area contributed by atoms with E-state index in [2.05, 4.69) is 0 Å². The van der Waals surface area contributed by atoms with Gasteiger partial charge in [0, 0.05) is 24.2 Å². The van der Waals surface area contributed by atoms with Crippen molar-refractivity contribution >= 4 is 23.5 Å². The molecule has 1 amide bonds. The molecule has 0 heterocycles. The first-order valence-electron chi connectivity index (χ1n) is 6.09. The standard InChI is InChI=1S/C14H18ClNO3/c1-9(2)11-5-4-10(8-12(11)15)14(19)16(3)7-6-13(17)18/h4-5,8-9H,6-7H2,1-3H3,(H,17,18). The second-order valence-corrected chi connectivity index (χ2v) is 5.17. The molecule has 0 radical (unpaired) electrons. The van der Waals surface area contributed by atoms with Crippen molar-refractivity contribution in [2.75, 3.05) is 13.6 Å². The van der Waals surface area contributed by atoms with Crippen molar-refractivity contribution in [2.24, 2.45) is 0 Å². The predicted molar refractivity (Wildman–Crippen MR) is 74.8 cm³/mol. The van der Waals surface area contributed by atoms with Crippen LogP contribution in [0.2, 0.25) is 5.02 Å². The Morgan fingerprint density at radius 1 is 1.37 bits per heavy atom. The van der Waals surface area contributed by atoms with Gasteiger partial charge in [-0.2, -0.15) is 0 Å². The molecule has 0 saturated heterocycles. The molecule has 0 aromatic heterocycles. The van der Waals surface area contributed by atoms with Crippen LogP contribution >= 0.6 is 11.6 Å². The summed E-state index contributed by atoms with van der Waals surface area (Å²) in [6.45, 7) is 4.24. The van der Waals surface area contributed by atoms with E-state index in [1.807, 2.05) is 19.9 Å². The largest absolute Gasteiger partial charge is 0.481 e. The van der Waals surface area contributed by atoms with Gasteiger partial charge in [0.25, 0.3) is 5.91 Å². The number of hydrogen-bond acceptors (Lipinski definition) is 2. The fourth-order valence-corrected chi connectivity index (χ4v) is 2.11. The van der Waals surface area contributed by atoms with Crippen LogP contribution in [0.4, 0.5) is 0 Å². The molecule has 0 saturated carbocycles. The first-order chi connectivity index (χ1) is 8.82. The number of carbonyl (C=O) groups excluding carboxylic acids is 1. The Labute approximate surface area is 118 Å². The molecule has 1 rings (SSSR count). The molecule has 4 nitrogen and oxygen atoms in total. The van der Waals surface area contributed by atoms with Gasteiger partial charge in [0.1, 0.15) is 0 Å². The van der Waals surface area contributed by atoms with Gasteiger partial charge in [-0.25, -0.2) is 0 Å². The van der Waals surface area contributed by atoms with Crippen LogP contribution in [-0.4, -0.2) is 35.5 Å². The highest BCUT2D eigenvalue weighted by atomic mass is 35.5. The van der Waals surface area contributed by atoms with E-state index < -0.39 is 5.97 Å². The van der Waals surface area contributed by atoms with Crippen molar-refractivity contribution in [3.05, 3.63) is 34.3 Å². The summed E-state index contributed by atoms with van der Waals surface area (Å²) in [7, 11) is 1.58. The number of hydrogen-bond donors (Lipinski definition) is 1. The fraction of sp³-hybridized carbons (Fsp3) is 0.429. The summed E-state index contributed by atoms with van der Waals surface area (Å²) < 4.78 is 0. The lowest BCUT2D eigenvalue weighted by Gasteiger charge is -2.17. The van der Waals surface area contributed by atoms with Crippen molar-refractivity contribution in [1.29, 1.82) is 0 Å². The van der Waals surface area contributed by atoms with Crippen LogP contribution in [-0.2, 0) is 4.79 Å². The average molecular weight is 284 g/mol.